The maximum absolute atomic E-state index is 10.7. The van der Waals surface area contributed by atoms with Crippen LogP contribution in [-0.4, -0.2) is 26.1 Å². The average Bonchev–Trinajstić information content (AvgIpc) is 2.95. The number of carboxylic acids is 1. The van der Waals surface area contributed by atoms with Gasteiger partial charge in [0, 0.05) is 16.5 Å². The summed E-state index contributed by atoms with van der Waals surface area (Å²) in [6.07, 6.45) is 1.35. The fraction of sp³-hybridized carbons (Fsp3) is 0.0833. The topological polar surface area (TPSA) is 81.1 Å². The second-order valence-corrected chi connectivity index (χ2v) is 4.44. The average molecular weight is 278 g/mol. The van der Waals surface area contributed by atoms with Gasteiger partial charge in [-0.1, -0.05) is 16.8 Å². The molecule has 3 rings (SSSR count). The zero-order chi connectivity index (χ0) is 13.4. The van der Waals surface area contributed by atoms with Gasteiger partial charge in [-0.2, -0.15) is 0 Å². The fourth-order valence-corrected chi connectivity index (χ4v) is 1.93. The molecule has 0 atom stereocenters. The molecule has 6 nitrogen and oxygen atoms in total. The molecule has 2 heterocycles. The number of carbonyl (C=O) groups is 1. The third-order valence-corrected chi connectivity index (χ3v) is 2.84. The first kappa shape index (κ1) is 11.7. The Labute approximate surface area is 112 Å². The third kappa shape index (κ3) is 2.30. The van der Waals surface area contributed by atoms with Crippen LogP contribution in [0.5, 0.6) is 0 Å². The Bertz CT molecular complexity index is 763. The first-order chi connectivity index (χ1) is 9.11. The second-order valence-electron chi connectivity index (χ2n) is 4.00. The Hall–Kier alpha value is -2.34. The van der Waals surface area contributed by atoms with E-state index in [-0.39, 0.29) is 5.69 Å². The standard InChI is InChI=1S/C12H8ClN3O3/c13-8-2-1-7-3-9(19-11(7)4-8)5-16-6-10(12(17)18)14-15-16/h1-4,6H,5H2,(H,17,18). The van der Waals surface area contributed by atoms with E-state index >= 15 is 0 Å². The Morgan fingerprint density at radius 2 is 2.26 bits per heavy atom. The van der Waals surface area contributed by atoms with E-state index in [4.69, 9.17) is 21.1 Å². The molecule has 1 N–H and O–H groups in total. The summed E-state index contributed by atoms with van der Waals surface area (Å²) in [7, 11) is 0. The molecule has 3 aromatic rings. The minimum atomic E-state index is -1.11. The Morgan fingerprint density at radius 3 is 3.00 bits per heavy atom. The van der Waals surface area contributed by atoms with Crippen LogP contribution in [0.3, 0.4) is 0 Å². The van der Waals surface area contributed by atoms with Gasteiger partial charge in [-0.05, 0) is 18.2 Å². The van der Waals surface area contributed by atoms with Crippen molar-refractivity contribution in [1.29, 1.82) is 0 Å². The number of aromatic carboxylic acids is 1. The number of fused-ring (bicyclic) bond motifs is 1. The van der Waals surface area contributed by atoms with Crippen molar-refractivity contribution in [1.82, 2.24) is 15.0 Å². The Balaban J connectivity index is 1.89. The second kappa shape index (κ2) is 4.40. The van der Waals surface area contributed by atoms with Crippen LogP contribution in [0.25, 0.3) is 11.0 Å². The van der Waals surface area contributed by atoms with Crippen molar-refractivity contribution >= 4 is 28.5 Å². The van der Waals surface area contributed by atoms with E-state index in [1.54, 1.807) is 12.1 Å². The lowest BCUT2D eigenvalue weighted by Gasteiger charge is -1.94. The zero-order valence-corrected chi connectivity index (χ0v) is 10.3. The molecule has 0 aliphatic rings. The minimum absolute atomic E-state index is 0.0980. The van der Waals surface area contributed by atoms with E-state index in [1.165, 1.54) is 10.9 Å². The highest BCUT2D eigenvalue weighted by Gasteiger charge is 2.10. The molecule has 1 aromatic carbocycles. The van der Waals surface area contributed by atoms with Gasteiger partial charge in [-0.3, -0.25) is 0 Å². The van der Waals surface area contributed by atoms with Crippen LogP contribution in [0.1, 0.15) is 16.2 Å². The van der Waals surface area contributed by atoms with Gasteiger partial charge in [0.2, 0.25) is 0 Å². The Kier molecular flexibility index (Phi) is 2.72. The molecular formula is C12H8ClN3O3. The van der Waals surface area contributed by atoms with Gasteiger partial charge in [0.05, 0.1) is 6.20 Å². The van der Waals surface area contributed by atoms with Gasteiger partial charge in [-0.25, -0.2) is 9.48 Å². The molecule has 2 aromatic heterocycles. The molecule has 7 heteroatoms. The molecule has 0 bridgehead atoms. The zero-order valence-electron chi connectivity index (χ0n) is 9.58. The first-order valence-electron chi connectivity index (χ1n) is 5.43. The molecule has 0 saturated carbocycles. The number of rotatable bonds is 3. The quantitative estimate of drug-likeness (QED) is 0.795. The monoisotopic (exact) mass is 277 g/mol. The molecule has 96 valence electrons. The summed E-state index contributed by atoms with van der Waals surface area (Å²) in [5.41, 5.74) is 0.584. The molecule has 0 saturated heterocycles. The van der Waals surface area contributed by atoms with Crippen LogP contribution < -0.4 is 0 Å². The van der Waals surface area contributed by atoms with Crippen LogP contribution in [0.2, 0.25) is 5.02 Å². The van der Waals surface area contributed by atoms with Crippen LogP contribution in [-0.2, 0) is 6.54 Å². The number of hydrogen-bond acceptors (Lipinski definition) is 4. The predicted octanol–water partition coefficient (Wildman–Crippen LogP) is 2.42. The summed E-state index contributed by atoms with van der Waals surface area (Å²) >= 11 is 5.87. The van der Waals surface area contributed by atoms with Gasteiger partial charge >= 0.3 is 5.97 Å². The van der Waals surface area contributed by atoms with Crippen molar-refractivity contribution in [2.75, 3.05) is 0 Å². The van der Waals surface area contributed by atoms with Crippen LogP contribution >= 0.6 is 11.6 Å². The molecule has 19 heavy (non-hydrogen) atoms. The summed E-state index contributed by atoms with van der Waals surface area (Å²) in [6, 6.07) is 7.22. The molecule has 0 unspecified atom stereocenters. The molecule has 0 amide bonds. The number of carboxylic acid groups (broad SMARTS) is 1. The van der Waals surface area contributed by atoms with Crippen molar-refractivity contribution in [3.63, 3.8) is 0 Å². The number of halogens is 1. The van der Waals surface area contributed by atoms with Crippen molar-refractivity contribution < 1.29 is 14.3 Å². The normalized spacial score (nSPS) is 11.0. The highest BCUT2D eigenvalue weighted by atomic mass is 35.5. The van der Waals surface area contributed by atoms with Crippen molar-refractivity contribution in [3.05, 3.63) is 46.9 Å². The number of nitrogens with zero attached hydrogens (tertiary/aromatic N) is 3. The molecule has 0 aliphatic heterocycles. The highest BCUT2D eigenvalue weighted by Crippen LogP contribution is 2.23. The van der Waals surface area contributed by atoms with Gasteiger partial charge in [-0.15, -0.1) is 5.10 Å². The van der Waals surface area contributed by atoms with E-state index in [9.17, 15) is 4.79 Å². The van der Waals surface area contributed by atoms with E-state index < -0.39 is 5.97 Å². The first-order valence-corrected chi connectivity index (χ1v) is 5.81. The van der Waals surface area contributed by atoms with E-state index in [1.807, 2.05) is 12.1 Å². The van der Waals surface area contributed by atoms with E-state index in [0.29, 0.717) is 22.9 Å². The third-order valence-electron chi connectivity index (χ3n) is 2.61. The summed E-state index contributed by atoms with van der Waals surface area (Å²) in [5, 5.41) is 17.5. The van der Waals surface area contributed by atoms with Gasteiger partial charge in [0.1, 0.15) is 17.9 Å². The van der Waals surface area contributed by atoms with E-state index in [2.05, 4.69) is 10.3 Å². The Morgan fingerprint density at radius 1 is 1.42 bits per heavy atom. The minimum Gasteiger partial charge on any atom is -0.476 e. The smallest absolute Gasteiger partial charge is 0.358 e. The maximum atomic E-state index is 10.7. The van der Waals surface area contributed by atoms with E-state index in [0.717, 1.165) is 5.39 Å². The van der Waals surface area contributed by atoms with Gasteiger partial charge < -0.3 is 9.52 Å². The molecule has 0 spiro atoms. The number of hydrogen-bond donors (Lipinski definition) is 1. The van der Waals surface area contributed by atoms with Gasteiger partial charge in [0.25, 0.3) is 0 Å². The number of furan rings is 1. The molecule has 0 aliphatic carbocycles. The molecular weight excluding hydrogens is 270 g/mol. The summed E-state index contributed by atoms with van der Waals surface area (Å²) in [5.74, 6) is -0.457. The summed E-state index contributed by atoms with van der Waals surface area (Å²) < 4.78 is 7.01. The van der Waals surface area contributed by atoms with Crippen LogP contribution in [0.15, 0.2) is 34.9 Å². The van der Waals surface area contributed by atoms with Gasteiger partial charge in [0.15, 0.2) is 5.69 Å². The lowest BCUT2D eigenvalue weighted by Crippen LogP contribution is -1.99. The van der Waals surface area contributed by atoms with Crippen molar-refractivity contribution in [2.24, 2.45) is 0 Å². The SMILES string of the molecule is O=C(O)c1cn(Cc2cc3ccc(Cl)cc3o2)nn1. The molecule has 0 fully saturated rings. The van der Waals surface area contributed by atoms with Crippen LogP contribution in [0.4, 0.5) is 0 Å². The number of benzene rings is 1. The summed E-state index contributed by atoms with van der Waals surface area (Å²) in [6.45, 7) is 0.312. The largest absolute Gasteiger partial charge is 0.476 e. The van der Waals surface area contributed by atoms with Crippen LogP contribution in [0, 0.1) is 0 Å². The summed E-state index contributed by atoms with van der Waals surface area (Å²) in [4.78, 5) is 10.7. The lowest BCUT2D eigenvalue weighted by molar-refractivity contribution is 0.0690. The predicted molar refractivity (Wildman–Crippen MR) is 67.3 cm³/mol. The maximum Gasteiger partial charge on any atom is 0.358 e. The molecule has 0 radical (unpaired) electrons. The number of aromatic nitrogens is 3. The van der Waals surface area contributed by atoms with Crippen molar-refractivity contribution in [3.8, 4) is 0 Å². The highest BCUT2D eigenvalue weighted by molar-refractivity contribution is 6.31. The lowest BCUT2D eigenvalue weighted by atomic mass is 10.2. The fourth-order valence-electron chi connectivity index (χ4n) is 1.77. The van der Waals surface area contributed by atoms with Crippen molar-refractivity contribution in [2.45, 2.75) is 6.54 Å².